The molecule has 3 aromatic rings. The number of aliphatic hydroxyl groups is 2. The van der Waals surface area contributed by atoms with Gasteiger partial charge in [0.1, 0.15) is 6.29 Å². The number of aldehydes is 1. The van der Waals surface area contributed by atoms with Gasteiger partial charge in [-0.05, 0) is 62.4 Å². The number of carbonyl (C=O) groups is 1. The van der Waals surface area contributed by atoms with Crippen LogP contribution in [-0.2, 0) is 18.3 Å². The topological polar surface area (TPSA) is 79.5 Å². The molecule has 0 radical (unpaired) electrons. The second-order valence-electron chi connectivity index (χ2n) is 7.73. The summed E-state index contributed by atoms with van der Waals surface area (Å²) in [5.74, 6) is 0. The van der Waals surface area contributed by atoms with Gasteiger partial charge < -0.3 is 19.6 Å². The van der Waals surface area contributed by atoms with E-state index in [9.17, 15) is 9.59 Å². The van der Waals surface area contributed by atoms with Crippen LogP contribution >= 0.6 is 11.6 Å². The molecule has 0 saturated heterocycles. The van der Waals surface area contributed by atoms with Gasteiger partial charge in [0.25, 0.3) is 5.56 Å². The second-order valence-corrected chi connectivity index (χ2v) is 8.17. The minimum absolute atomic E-state index is 0.0849. The maximum absolute atomic E-state index is 12.6. The van der Waals surface area contributed by atoms with Crippen molar-refractivity contribution in [3.63, 3.8) is 0 Å². The number of fused-ring (bicyclic) bond motifs is 1. The van der Waals surface area contributed by atoms with E-state index >= 15 is 0 Å². The standard InChI is InChI=1S/C19H16ClNO2.C4H10O.CH4O/c1-12-4-3-5-15-17(12)18(13-6-8-14(20)9-7-13)16(10-11-22)21(2)19(15)23;1-4(2,3)5;1-2/h3-9,11H,10H2,1-2H3;5H,1-3H3;2H,1H3. The number of hydrogen-bond acceptors (Lipinski definition) is 4. The van der Waals surface area contributed by atoms with Crippen LogP contribution in [0.25, 0.3) is 21.9 Å². The number of pyridine rings is 1. The lowest BCUT2D eigenvalue weighted by atomic mass is 9.93. The highest BCUT2D eigenvalue weighted by Gasteiger charge is 2.17. The molecule has 1 aromatic heterocycles. The number of nitrogens with zero attached hydrogens (tertiary/aromatic N) is 1. The molecule has 0 bridgehead atoms. The van der Waals surface area contributed by atoms with E-state index in [2.05, 4.69) is 0 Å². The third-order valence-corrected chi connectivity index (χ3v) is 4.41. The Bertz CT molecular complexity index is 1040. The van der Waals surface area contributed by atoms with Gasteiger partial charge in [-0.15, -0.1) is 0 Å². The average Bonchev–Trinajstić information content (AvgIpc) is 2.68. The highest BCUT2D eigenvalue weighted by atomic mass is 35.5. The van der Waals surface area contributed by atoms with Crippen LogP contribution in [0.1, 0.15) is 32.0 Å². The van der Waals surface area contributed by atoms with Gasteiger partial charge in [0.2, 0.25) is 0 Å². The summed E-state index contributed by atoms with van der Waals surface area (Å²) < 4.78 is 1.57. The van der Waals surface area contributed by atoms with Crippen LogP contribution in [0.4, 0.5) is 0 Å². The largest absolute Gasteiger partial charge is 0.400 e. The van der Waals surface area contributed by atoms with Crippen LogP contribution in [0, 0.1) is 6.92 Å². The molecule has 5 nitrogen and oxygen atoms in total. The maximum Gasteiger partial charge on any atom is 0.258 e. The quantitative estimate of drug-likeness (QED) is 0.606. The van der Waals surface area contributed by atoms with E-state index in [0.29, 0.717) is 16.1 Å². The molecule has 0 spiro atoms. The summed E-state index contributed by atoms with van der Waals surface area (Å²) in [6.45, 7) is 7.21. The van der Waals surface area contributed by atoms with E-state index < -0.39 is 5.60 Å². The lowest BCUT2D eigenvalue weighted by molar-refractivity contribution is -0.107. The molecule has 0 saturated carbocycles. The van der Waals surface area contributed by atoms with Crippen molar-refractivity contribution in [2.45, 2.75) is 39.7 Å². The molecule has 0 fully saturated rings. The first-order chi connectivity index (χ1) is 14.0. The minimum atomic E-state index is -0.500. The Kier molecular flexibility index (Phi) is 9.43. The van der Waals surface area contributed by atoms with E-state index in [0.717, 1.165) is 35.5 Å². The number of halogens is 1. The minimum Gasteiger partial charge on any atom is -0.400 e. The summed E-state index contributed by atoms with van der Waals surface area (Å²) in [5.41, 5.74) is 3.01. The fraction of sp³-hybridized carbons (Fsp3) is 0.333. The molecule has 0 aliphatic rings. The van der Waals surface area contributed by atoms with Crippen molar-refractivity contribution in [1.29, 1.82) is 0 Å². The van der Waals surface area contributed by atoms with Gasteiger partial charge in [-0.3, -0.25) is 4.79 Å². The van der Waals surface area contributed by atoms with Crippen LogP contribution in [0.15, 0.2) is 47.3 Å². The first-order valence-corrected chi connectivity index (χ1v) is 9.90. The highest BCUT2D eigenvalue weighted by Crippen LogP contribution is 2.33. The smallest absolute Gasteiger partial charge is 0.258 e. The molecule has 3 rings (SSSR count). The molecule has 0 unspecified atom stereocenters. The Balaban J connectivity index is 0.000000565. The molecule has 0 aliphatic carbocycles. The number of aliphatic hydroxyl groups excluding tert-OH is 1. The average molecular weight is 432 g/mol. The first-order valence-electron chi connectivity index (χ1n) is 9.52. The van der Waals surface area contributed by atoms with Crippen molar-refractivity contribution >= 4 is 28.7 Å². The van der Waals surface area contributed by atoms with E-state index in [1.54, 1.807) is 32.4 Å². The number of hydrogen-bond donors (Lipinski definition) is 2. The van der Waals surface area contributed by atoms with Crippen molar-refractivity contribution in [2.24, 2.45) is 7.05 Å². The third-order valence-electron chi connectivity index (χ3n) is 4.16. The van der Waals surface area contributed by atoms with Crippen molar-refractivity contribution in [3.05, 3.63) is 69.1 Å². The molecular formula is C24H30ClNO4. The van der Waals surface area contributed by atoms with Gasteiger partial charge in [0.05, 0.1) is 5.60 Å². The van der Waals surface area contributed by atoms with Crippen LogP contribution in [0.2, 0.25) is 5.02 Å². The monoisotopic (exact) mass is 431 g/mol. The molecule has 1 heterocycles. The maximum atomic E-state index is 12.6. The first kappa shape index (κ1) is 25.6. The zero-order chi connectivity index (χ0) is 23.1. The number of aromatic nitrogens is 1. The van der Waals surface area contributed by atoms with Gasteiger partial charge in [-0.2, -0.15) is 0 Å². The fourth-order valence-corrected chi connectivity index (χ4v) is 3.16. The van der Waals surface area contributed by atoms with Gasteiger partial charge in [0, 0.05) is 42.2 Å². The zero-order valence-electron chi connectivity index (χ0n) is 18.4. The highest BCUT2D eigenvalue weighted by molar-refractivity contribution is 6.30. The van der Waals surface area contributed by atoms with Crippen LogP contribution in [-0.4, -0.2) is 33.8 Å². The summed E-state index contributed by atoms with van der Waals surface area (Å²) in [4.78, 5) is 23.8. The molecule has 0 atom stereocenters. The molecule has 0 amide bonds. The molecule has 30 heavy (non-hydrogen) atoms. The SMILES string of the molecule is CC(C)(C)O.CO.Cc1cccc2c(=O)n(C)c(CC=O)c(-c3ccc(Cl)cc3)c12. The van der Waals surface area contributed by atoms with Gasteiger partial charge in [0.15, 0.2) is 0 Å². The molecule has 2 N–H and O–H groups in total. The Labute approximate surface area is 182 Å². The predicted octanol–water partition coefficient (Wildman–Crippen LogP) is 4.29. The van der Waals surface area contributed by atoms with Crippen LogP contribution < -0.4 is 5.56 Å². The Morgan fingerprint density at radius 3 is 2.10 bits per heavy atom. The lowest BCUT2D eigenvalue weighted by Crippen LogP contribution is -2.22. The van der Waals surface area contributed by atoms with Gasteiger partial charge in [-0.25, -0.2) is 0 Å². The molecule has 0 aliphatic heterocycles. The second kappa shape index (κ2) is 11.1. The Morgan fingerprint density at radius 2 is 1.60 bits per heavy atom. The van der Waals surface area contributed by atoms with Crippen molar-refractivity contribution in [2.75, 3.05) is 7.11 Å². The lowest BCUT2D eigenvalue weighted by Gasteiger charge is -2.17. The van der Waals surface area contributed by atoms with Gasteiger partial charge >= 0.3 is 0 Å². The third kappa shape index (κ3) is 6.52. The molecule has 162 valence electrons. The molecular weight excluding hydrogens is 402 g/mol. The molecule has 6 heteroatoms. The normalized spacial score (nSPS) is 10.6. The van der Waals surface area contributed by atoms with Crippen molar-refractivity contribution in [1.82, 2.24) is 4.57 Å². The van der Waals surface area contributed by atoms with Gasteiger partial charge in [-0.1, -0.05) is 35.9 Å². The van der Waals surface area contributed by atoms with Crippen molar-refractivity contribution in [3.8, 4) is 11.1 Å². The Morgan fingerprint density at radius 1 is 1.07 bits per heavy atom. The summed E-state index contributed by atoms with van der Waals surface area (Å²) in [7, 11) is 2.71. The summed E-state index contributed by atoms with van der Waals surface area (Å²) >= 11 is 5.99. The predicted molar refractivity (Wildman–Crippen MR) is 124 cm³/mol. The van der Waals surface area contributed by atoms with E-state index in [1.807, 2.05) is 49.4 Å². The number of benzene rings is 2. The summed E-state index contributed by atoms with van der Waals surface area (Å²) in [5, 5.41) is 17.7. The van der Waals surface area contributed by atoms with E-state index in [1.165, 1.54) is 0 Å². The van der Waals surface area contributed by atoms with Crippen LogP contribution in [0.5, 0.6) is 0 Å². The number of aryl methyl sites for hydroxylation is 1. The summed E-state index contributed by atoms with van der Waals surface area (Å²) in [6.07, 6.45) is 1.02. The zero-order valence-corrected chi connectivity index (χ0v) is 19.1. The number of carbonyl (C=O) groups excluding carboxylic acids is 1. The van der Waals surface area contributed by atoms with Crippen LogP contribution in [0.3, 0.4) is 0 Å². The Hall–Kier alpha value is -2.47. The van der Waals surface area contributed by atoms with E-state index in [4.69, 9.17) is 21.8 Å². The summed E-state index contributed by atoms with van der Waals surface area (Å²) in [6, 6.07) is 13.2. The fourth-order valence-electron chi connectivity index (χ4n) is 3.04. The molecule has 2 aromatic carbocycles. The number of rotatable bonds is 3. The van der Waals surface area contributed by atoms with E-state index in [-0.39, 0.29) is 12.0 Å². The van der Waals surface area contributed by atoms with Crippen molar-refractivity contribution < 1.29 is 15.0 Å².